The molecule has 0 aromatic heterocycles. The van der Waals surface area contributed by atoms with Crippen LogP contribution in [0.15, 0.2) is 0 Å². The molecule has 0 heterocycles. The zero-order valence-corrected chi connectivity index (χ0v) is 14.4. The van der Waals surface area contributed by atoms with Gasteiger partial charge in [0.25, 0.3) is 0 Å². The summed E-state index contributed by atoms with van der Waals surface area (Å²) in [4.78, 5) is 0. The highest BCUT2D eigenvalue weighted by molar-refractivity contribution is 6.61. The van der Waals surface area contributed by atoms with E-state index < -0.39 is 21.0 Å². The lowest BCUT2D eigenvalue weighted by molar-refractivity contribution is -0.124. The van der Waals surface area contributed by atoms with Crippen LogP contribution in [-0.4, -0.2) is 34.8 Å². The van der Waals surface area contributed by atoms with Gasteiger partial charge in [-0.15, -0.1) is 0 Å². The Morgan fingerprint density at radius 1 is 0.714 bits per heavy atom. The van der Waals surface area contributed by atoms with Gasteiger partial charge in [0.2, 0.25) is 0 Å². The number of halogens is 3. The molecule has 0 N–H and O–H groups in total. The number of unbranched alkanes of at least 4 members (excludes halogenated alkanes) is 3. The van der Waals surface area contributed by atoms with E-state index in [-0.39, 0.29) is 19.8 Å². The predicted molar refractivity (Wildman–Crippen MR) is 79.2 cm³/mol. The first-order chi connectivity index (χ1) is 9.89. The van der Waals surface area contributed by atoms with Gasteiger partial charge in [-0.1, -0.05) is 40.0 Å². The van der Waals surface area contributed by atoms with Crippen molar-refractivity contribution >= 4 is 8.80 Å². The lowest BCUT2D eigenvalue weighted by atomic mass is 10.4. The van der Waals surface area contributed by atoms with E-state index in [1.807, 2.05) is 20.8 Å². The fourth-order valence-electron chi connectivity index (χ4n) is 1.64. The first-order valence-electron chi connectivity index (χ1n) is 7.87. The van der Waals surface area contributed by atoms with Crippen LogP contribution in [0.2, 0.25) is 6.04 Å². The molecular formula is C14H29F3O3Si. The van der Waals surface area contributed by atoms with Crippen molar-refractivity contribution in [3.05, 3.63) is 0 Å². The van der Waals surface area contributed by atoms with E-state index in [0.29, 0.717) is 19.3 Å². The molecule has 0 aliphatic heterocycles. The molecule has 0 atom stereocenters. The number of rotatable bonds is 13. The van der Waals surface area contributed by atoms with Crippen LogP contribution in [0.25, 0.3) is 0 Å². The van der Waals surface area contributed by atoms with Crippen molar-refractivity contribution in [3.8, 4) is 0 Å². The number of alkyl halides is 3. The normalized spacial score (nSPS) is 12.9. The predicted octanol–water partition coefficient (Wildman–Crippen LogP) is 4.94. The Morgan fingerprint density at radius 2 is 1.05 bits per heavy atom. The van der Waals surface area contributed by atoms with Gasteiger partial charge in [0, 0.05) is 19.8 Å². The zero-order chi connectivity index (χ0) is 16.2. The molecule has 0 saturated carbocycles. The lowest BCUT2D eigenvalue weighted by Crippen LogP contribution is -2.49. The molecular weight excluding hydrogens is 301 g/mol. The van der Waals surface area contributed by atoms with Crippen molar-refractivity contribution < 1.29 is 26.4 Å². The van der Waals surface area contributed by atoms with E-state index in [0.717, 1.165) is 19.3 Å². The molecule has 7 heteroatoms. The van der Waals surface area contributed by atoms with Gasteiger partial charge in [-0.25, -0.2) is 0 Å². The second kappa shape index (κ2) is 11.5. The van der Waals surface area contributed by atoms with E-state index in [1.165, 1.54) is 0 Å². The van der Waals surface area contributed by atoms with Crippen LogP contribution in [-0.2, 0) is 13.3 Å². The smallest absolute Gasteiger partial charge is 0.373 e. The van der Waals surface area contributed by atoms with Crippen LogP contribution in [0.4, 0.5) is 13.2 Å². The molecule has 21 heavy (non-hydrogen) atoms. The van der Waals surface area contributed by atoms with Crippen molar-refractivity contribution in [1.29, 1.82) is 0 Å². The maximum absolute atomic E-state index is 12.9. The van der Waals surface area contributed by atoms with Crippen LogP contribution in [0, 0.1) is 0 Å². The molecule has 0 amide bonds. The van der Waals surface area contributed by atoms with Crippen LogP contribution >= 0.6 is 0 Å². The average Bonchev–Trinajstić information content (AvgIpc) is 2.38. The summed E-state index contributed by atoms with van der Waals surface area (Å²) in [5.74, 6) is 0. The van der Waals surface area contributed by atoms with Crippen molar-refractivity contribution in [2.75, 3.05) is 19.8 Å². The molecule has 0 fully saturated rings. The fourth-order valence-corrected chi connectivity index (χ4v) is 4.05. The SMILES string of the molecule is CCCCO[Si](CC(F)(F)F)(OCCCC)OCCCC. The molecule has 0 rings (SSSR count). The van der Waals surface area contributed by atoms with Gasteiger partial charge in [0.05, 0.1) is 0 Å². The standard InChI is InChI=1S/C14H29F3O3Si/c1-4-7-10-18-21(13-14(15,16)17,19-11-8-5-2)20-12-9-6-3/h4-13H2,1-3H3. The summed E-state index contributed by atoms with van der Waals surface area (Å²) in [5, 5.41) is 0. The Labute approximate surface area is 127 Å². The van der Waals surface area contributed by atoms with E-state index in [9.17, 15) is 13.2 Å². The molecule has 128 valence electrons. The van der Waals surface area contributed by atoms with Gasteiger partial charge in [0.15, 0.2) is 0 Å². The monoisotopic (exact) mass is 330 g/mol. The Morgan fingerprint density at radius 3 is 1.29 bits per heavy atom. The highest BCUT2D eigenvalue weighted by atomic mass is 28.4. The van der Waals surface area contributed by atoms with Crippen LogP contribution in [0.5, 0.6) is 0 Å². The molecule has 0 saturated heterocycles. The summed E-state index contributed by atoms with van der Waals surface area (Å²) in [6, 6.07) is -1.10. The summed E-state index contributed by atoms with van der Waals surface area (Å²) in [7, 11) is -3.67. The highest BCUT2D eigenvalue weighted by Crippen LogP contribution is 2.30. The Bertz CT molecular complexity index is 224. The lowest BCUT2D eigenvalue weighted by Gasteiger charge is -2.30. The summed E-state index contributed by atoms with van der Waals surface area (Å²) >= 11 is 0. The fraction of sp³-hybridized carbons (Fsp3) is 1.00. The summed E-state index contributed by atoms with van der Waals surface area (Å²) in [6.07, 6.45) is 0.376. The minimum Gasteiger partial charge on any atom is -0.373 e. The Balaban J connectivity index is 4.78. The third kappa shape index (κ3) is 11.2. The third-order valence-corrected chi connectivity index (χ3v) is 5.64. The minimum absolute atomic E-state index is 0.261. The average molecular weight is 330 g/mol. The largest absolute Gasteiger partial charge is 0.510 e. The number of hydrogen-bond acceptors (Lipinski definition) is 3. The van der Waals surface area contributed by atoms with Gasteiger partial charge in [-0.05, 0) is 19.3 Å². The molecule has 0 radical (unpaired) electrons. The van der Waals surface area contributed by atoms with E-state index in [4.69, 9.17) is 13.3 Å². The quantitative estimate of drug-likeness (QED) is 0.354. The number of hydrogen-bond donors (Lipinski definition) is 0. The van der Waals surface area contributed by atoms with Gasteiger partial charge >= 0.3 is 15.0 Å². The minimum atomic E-state index is -4.34. The van der Waals surface area contributed by atoms with Gasteiger partial charge in [-0.2, -0.15) is 13.2 Å². The Hall–Kier alpha value is -0.113. The topological polar surface area (TPSA) is 27.7 Å². The van der Waals surface area contributed by atoms with Crippen molar-refractivity contribution in [2.45, 2.75) is 71.5 Å². The van der Waals surface area contributed by atoms with E-state index >= 15 is 0 Å². The summed E-state index contributed by atoms with van der Waals surface area (Å²) < 4.78 is 55.2. The molecule has 0 aromatic carbocycles. The maximum atomic E-state index is 12.9. The molecule has 0 aliphatic carbocycles. The maximum Gasteiger partial charge on any atom is 0.510 e. The highest BCUT2D eigenvalue weighted by Gasteiger charge is 2.51. The second-order valence-electron chi connectivity index (χ2n) is 5.08. The van der Waals surface area contributed by atoms with Crippen LogP contribution in [0.1, 0.15) is 59.3 Å². The van der Waals surface area contributed by atoms with E-state index in [1.54, 1.807) is 0 Å². The zero-order valence-electron chi connectivity index (χ0n) is 13.4. The molecule has 0 spiro atoms. The van der Waals surface area contributed by atoms with Gasteiger partial charge in [0.1, 0.15) is 6.04 Å². The van der Waals surface area contributed by atoms with Gasteiger partial charge < -0.3 is 13.3 Å². The Kier molecular flexibility index (Phi) is 11.4. The third-order valence-electron chi connectivity index (χ3n) is 2.88. The van der Waals surface area contributed by atoms with Crippen LogP contribution in [0.3, 0.4) is 0 Å². The van der Waals surface area contributed by atoms with Gasteiger partial charge in [-0.3, -0.25) is 0 Å². The molecule has 3 nitrogen and oxygen atoms in total. The van der Waals surface area contributed by atoms with E-state index in [2.05, 4.69) is 0 Å². The van der Waals surface area contributed by atoms with Crippen molar-refractivity contribution in [3.63, 3.8) is 0 Å². The van der Waals surface area contributed by atoms with Crippen molar-refractivity contribution in [1.82, 2.24) is 0 Å². The molecule has 0 aliphatic rings. The van der Waals surface area contributed by atoms with Crippen molar-refractivity contribution in [2.24, 2.45) is 0 Å². The summed E-state index contributed by atoms with van der Waals surface area (Å²) in [5.41, 5.74) is 0. The summed E-state index contributed by atoms with van der Waals surface area (Å²) in [6.45, 7) is 6.68. The molecule has 0 unspecified atom stereocenters. The molecule has 0 bridgehead atoms. The first kappa shape index (κ1) is 20.9. The second-order valence-corrected chi connectivity index (χ2v) is 7.67. The van der Waals surface area contributed by atoms with Crippen LogP contribution < -0.4 is 0 Å². The molecule has 0 aromatic rings. The first-order valence-corrected chi connectivity index (χ1v) is 9.81.